The molecule has 2 atom stereocenters. The fraction of sp³-hybridized carbons (Fsp3) is 0.542. The molecule has 1 aliphatic carbocycles. The molecule has 4 rings (SSSR count). The van der Waals surface area contributed by atoms with Crippen LogP contribution in [0.2, 0.25) is 5.02 Å². The van der Waals surface area contributed by atoms with Gasteiger partial charge < -0.3 is 26.3 Å². The number of nitrogens with zero attached hydrogens (tertiary/aromatic N) is 3. The second kappa shape index (κ2) is 12.1. The molecule has 1 saturated carbocycles. The first-order valence-electron chi connectivity index (χ1n) is 11.4. The van der Waals surface area contributed by atoms with E-state index in [2.05, 4.69) is 21.4 Å². The van der Waals surface area contributed by atoms with E-state index >= 15 is 0 Å². The monoisotopic (exact) mass is 472 g/mol. The van der Waals surface area contributed by atoms with Gasteiger partial charge in [-0.25, -0.2) is 9.97 Å². The van der Waals surface area contributed by atoms with Crippen LogP contribution in [0, 0.1) is 16.7 Å². The van der Waals surface area contributed by atoms with Gasteiger partial charge in [-0.2, -0.15) is 5.26 Å². The number of methoxy groups -OCH3 is 1. The second-order valence-corrected chi connectivity index (χ2v) is 8.98. The van der Waals surface area contributed by atoms with Crippen molar-refractivity contribution in [1.82, 2.24) is 9.97 Å². The maximum Gasteiger partial charge on any atom is 0.126 e. The molecule has 0 amide bonds. The second-order valence-electron chi connectivity index (χ2n) is 8.58. The van der Waals surface area contributed by atoms with Crippen molar-refractivity contribution in [3.63, 3.8) is 0 Å². The summed E-state index contributed by atoms with van der Waals surface area (Å²) in [5, 5.41) is 13.3. The first kappa shape index (κ1) is 25.2. The molecule has 2 aromatic rings. The molecule has 5 N–H and O–H groups in total. The molecule has 0 aromatic carbocycles. The molecule has 1 saturated heterocycles. The Labute approximate surface area is 200 Å². The molecule has 2 aliphatic rings. The molecule has 178 valence electrons. The van der Waals surface area contributed by atoms with Crippen molar-refractivity contribution in [1.29, 1.82) is 5.26 Å². The van der Waals surface area contributed by atoms with E-state index < -0.39 is 5.41 Å². The number of nitrogens with two attached hydrogens (primary N) is 2. The molecule has 0 radical (unpaired) electrons. The number of halogens is 1. The molecule has 8 nitrogen and oxygen atoms in total. The van der Waals surface area contributed by atoms with Gasteiger partial charge in [0.2, 0.25) is 0 Å². The summed E-state index contributed by atoms with van der Waals surface area (Å²) in [6.45, 7) is 1.78. The zero-order valence-corrected chi connectivity index (χ0v) is 19.9. The Kier molecular flexibility index (Phi) is 9.27. The predicted octanol–water partition coefficient (Wildman–Crippen LogP) is 4.01. The lowest BCUT2D eigenvalue weighted by atomic mass is 9.82. The zero-order valence-electron chi connectivity index (χ0n) is 19.1. The maximum atomic E-state index is 9.51. The molecule has 33 heavy (non-hydrogen) atoms. The van der Waals surface area contributed by atoms with Crippen molar-refractivity contribution in [3.8, 4) is 17.3 Å². The number of anilines is 2. The van der Waals surface area contributed by atoms with Crippen molar-refractivity contribution in [3.05, 3.63) is 35.5 Å². The van der Waals surface area contributed by atoms with E-state index in [0.717, 1.165) is 31.2 Å². The molecular weight excluding hydrogens is 440 g/mol. The number of nitrogens with one attached hydrogen (secondary N) is 1. The summed E-state index contributed by atoms with van der Waals surface area (Å²) in [5.74, 6) is 1.08. The molecule has 0 bridgehead atoms. The smallest absolute Gasteiger partial charge is 0.126 e. The highest BCUT2D eigenvalue weighted by Gasteiger charge is 2.32. The van der Waals surface area contributed by atoms with Gasteiger partial charge in [0.05, 0.1) is 28.3 Å². The normalized spacial score (nSPS) is 21.9. The SMILES string of the molecule is COC1CCCCC1N.N#CC1(CNc2cccc(-c3cc(N)ncc3Cl)n2)CCOCC1. The van der Waals surface area contributed by atoms with Crippen molar-refractivity contribution in [2.75, 3.05) is 37.9 Å². The van der Waals surface area contributed by atoms with Crippen LogP contribution in [-0.2, 0) is 9.47 Å². The van der Waals surface area contributed by atoms with Crippen LogP contribution in [0.5, 0.6) is 0 Å². The third-order valence-electron chi connectivity index (χ3n) is 6.25. The Morgan fingerprint density at radius 2 is 2.06 bits per heavy atom. The number of nitriles is 1. The molecule has 9 heteroatoms. The number of ether oxygens (including phenoxy) is 2. The first-order chi connectivity index (χ1) is 16.0. The number of aromatic nitrogens is 2. The molecule has 3 heterocycles. The van der Waals surface area contributed by atoms with Gasteiger partial charge in [0.15, 0.2) is 0 Å². The third kappa shape index (κ3) is 7.02. The van der Waals surface area contributed by atoms with Crippen molar-refractivity contribution in [2.45, 2.75) is 50.7 Å². The van der Waals surface area contributed by atoms with E-state index in [1.54, 1.807) is 13.2 Å². The van der Waals surface area contributed by atoms with Crippen LogP contribution < -0.4 is 16.8 Å². The van der Waals surface area contributed by atoms with Crippen LogP contribution in [0.25, 0.3) is 11.3 Å². The van der Waals surface area contributed by atoms with Crippen LogP contribution in [0.15, 0.2) is 30.5 Å². The van der Waals surface area contributed by atoms with Crippen LogP contribution in [0.3, 0.4) is 0 Å². The van der Waals surface area contributed by atoms with Gasteiger partial charge >= 0.3 is 0 Å². The van der Waals surface area contributed by atoms with Crippen LogP contribution in [0.4, 0.5) is 11.6 Å². The minimum atomic E-state index is -0.408. The van der Waals surface area contributed by atoms with E-state index in [4.69, 9.17) is 32.5 Å². The van der Waals surface area contributed by atoms with E-state index in [-0.39, 0.29) is 0 Å². The molecule has 2 fully saturated rings. The molecule has 1 aliphatic heterocycles. The predicted molar refractivity (Wildman–Crippen MR) is 131 cm³/mol. The van der Waals surface area contributed by atoms with Crippen LogP contribution >= 0.6 is 11.6 Å². The summed E-state index contributed by atoms with van der Waals surface area (Å²) in [6.07, 6.45) is 8.15. The Hall–Kier alpha value is -2.44. The van der Waals surface area contributed by atoms with E-state index in [9.17, 15) is 5.26 Å². The van der Waals surface area contributed by atoms with Crippen molar-refractivity contribution < 1.29 is 9.47 Å². The molecule has 2 unspecified atom stereocenters. The number of hydrogen-bond acceptors (Lipinski definition) is 8. The Morgan fingerprint density at radius 3 is 2.73 bits per heavy atom. The minimum Gasteiger partial charge on any atom is -0.384 e. The summed E-state index contributed by atoms with van der Waals surface area (Å²) >= 11 is 6.19. The fourth-order valence-corrected chi connectivity index (χ4v) is 4.30. The average Bonchev–Trinajstić information content (AvgIpc) is 2.86. The standard InChI is InChI=1S/C17H18ClN5O.C7H15NO/c18-13-9-21-15(20)8-12(13)14-2-1-3-16(23-14)22-11-17(10-19)4-6-24-7-5-17;1-9-7-5-3-2-4-6(7)8/h1-3,8-9H,4-7,11H2,(H2,20,21)(H,22,23);6-7H,2-5,8H2,1H3. The zero-order chi connectivity index (χ0) is 23.7. The number of hydrogen-bond donors (Lipinski definition) is 3. The van der Waals surface area contributed by atoms with Gasteiger partial charge in [0.1, 0.15) is 11.6 Å². The highest BCUT2D eigenvalue weighted by Crippen LogP contribution is 2.31. The van der Waals surface area contributed by atoms with Crippen molar-refractivity contribution in [2.24, 2.45) is 11.1 Å². The van der Waals surface area contributed by atoms with Gasteiger partial charge in [-0.1, -0.05) is 30.5 Å². The summed E-state index contributed by atoms with van der Waals surface area (Å²) in [7, 11) is 1.75. The Morgan fingerprint density at radius 1 is 1.30 bits per heavy atom. The largest absolute Gasteiger partial charge is 0.384 e. The quantitative estimate of drug-likeness (QED) is 0.594. The first-order valence-corrected chi connectivity index (χ1v) is 11.7. The van der Waals surface area contributed by atoms with E-state index in [0.29, 0.717) is 54.3 Å². The Balaban J connectivity index is 0.000000286. The molecule has 2 aromatic heterocycles. The lowest BCUT2D eigenvalue weighted by Gasteiger charge is -2.30. The summed E-state index contributed by atoms with van der Waals surface area (Å²) in [5.41, 5.74) is 12.5. The third-order valence-corrected chi connectivity index (χ3v) is 6.55. The van der Waals surface area contributed by atoms with Crippen LogP contribution in [-0.4, -0.2) is 49.0 Å². The fourth-order valence-electron chi connectivity index (χ4n) is 4.10. The highest BCUT2D eigenvalue weighted by atomic mass is 35.5. The van der Waals surface area contributed by atoms with Crippen LogP contribution in [0.1, 0.15) is 38.5 Å². The lowest BCUT2D eigenvalue weighted by molar-refractivity contribution is 0.0455. The number of rotatable bonds is 5. The van der Waals surface area contributed by atoms with E-state index in [1.165, 1.54) is 19.0 Å². The van der Waals surface area contributed by atoms with Gasteiger partial charge in [-0.15, -0.1) is 0 Å². The summed E-state index contributed by atoms with van der Waals surface area (Å²) in [6, 6.07) is 10.0. The Bertz CT molecular complexity index is 945. The average molecular weight is 473 g/mol. The molecule has 0 spiro atoms. The molecular formula is C24H33ClN6O2. The maximum absolute atomic E-state index is 9.51. The topological polar surface area (TPSA) is 132 Å². The lowest BCUT2D eigenvalue weighted by Crippen LogP contribution is -2.38. The summed E-state index contributed by atoms with van der Waals surface area (Å²) in [4.78, 5) is 8.53. The minimum absolute atomic E-state index is 0.295. The highest BCUT2D eigenvalue weighted by molar-refractivity contribution is 6.33. The van der Waals surface area contributed by atoms with Crippen molar-refractivity contribution >= 4 is 23.2 Å². The van der Waals surface area contributed by atoms with E-state index in [1.807, 2.05) is 18.2 Å². The summed E-state index contributed by atoms with van der Waals surface area (Å²) < 4.78 is 10.5. The number of pyridine rings is 2. The van der Waals surface area contributed by atoms with Gasteiger partial charge in [0, 0.05) is 44.7 Å². The number of nitrogen functional groups attached to an aromatic ring is 1. The van der Waals surface area contributed by atoms with Gasteiger partial charge in [-0.05, 0) is 43.9 Å². The van der Waals surface area contributed by atoms with Gasteiger partial charge in [-0.3, -0.25) is 0 Å². The van der Waals surface area contributed by atoms with Gasteiger partial charge in [0.25, 0.3) is 0 Å².